The third-order valence-corrected chi connectivity index (χ3v) is 5.74. The maximum absolute atomic E-state index is 12.3. The van der Waals surface area contributed by atoms with E-state index in [2.05, 4.69) is 52.4 Å². The van der Waals surface area contributed by atoms with Crippen LogP contribution in [-0.2, 0) is 4.79 Å². The molecule has 1 saturated carbocycles. The molecule has 3 rings (SSSR count). The van der Waals surface area contributed by atoms with Gasteiger partial charge in [0, 0.05) is 50.4 Å². The first kappa shape index (κ1) is 18.2. The van der Waals surface area contributed by atoms with Crippen LogP contribution in [0, 0.1) is 5.92 Å². The Balaban J connectivity index is 1.34. The molecule has 2 aliphatic rings. The fourth-order valence-corrected chi connectivity index (χ4v) is 4.04. The van der Waals surface area contributed by atoms with Gasteiger partial charge in [0.15, 0.2) is 0 Å². The molecule has 1 aliphatic heterocycles. The van der Waals surface area contributed by atoms with E-state index in [0.29, 0.717) is 5.91 Å². The summed E-state index contributed by atoms with van der Waals surface area (Å²) in [5, 5.41) is 3.25. The summed E-state index contributed by atoms with van der Waals surface area (Å²) in [6.45, 7) is 7.63. The molecule has 1 aliphatic carbocycles. The summed E-state index contributed by atoms with van der Waals surface area (Å²) in [6.07, 6.45) is 6.95. The van der Waals surface area contributed by atoms with Crippen LogP contribution >= 0.6 is 0 Å². The molecule has 1 aromatic carbocycles. The monoisotopic (exact) mass is 343 g/mol. The van der Waals surface area contributed by atoms with Crippen molar-refractivity contribution in [1.82, 2.24) is 10.2 Å². The lowest BCUT2D eigenvalue weighted by Gasteiger charge is -2.36. The van der Waals surface area contributed by atoms with Crippen LogP contribution in [0.25, 0.3) is 0 Å². The molecule has 1 N–H and O–H groups in total. The maximum Gasteiger partial charge on any atom is 0.223 e. The fourth-order valence-electron chi connectivity index (χ4n) is 4.04. The smallest absolute Gasteiger partial charge is 0.223 e. The Morgan fingerprint density at radius 1 is 1.08 bits per heavy atom. The highest BCUT2D eigenvalue weighted by atomic mass is 16.1. The lowest BCUT2D eigenvalue weighted by atomic mass is 9.88. The minimum absolute atomic E-state index is 0.269. The Bertz CT molecular complexity index is 519. The van der Waals surface area contributed by atoms with Crippen molar-refractivity contribution in [2.45, 2.75) is 51.5 Å². The zero-order chi connectivity index (χ0) is 17.5. The number of piperazine rings is 1. The highest BCUT2D eigenvalue weighted by Crippen LogP contribution is 2.23. The van der Waals surface area contributed by atoms with E-state index in [1.54, 1.807) is 0 Å². The summed E-state index contributed by atoms with van der Waals surface area (Å²) in [5.41, 5.74) is 1.33. The summed E-state index contributed by atoms with van der Waals surface area (Å²) < 4.78 is 0. The lowest BCUT2D eigenvalue weighted by Crippen LogP contribution is -2.48. The van der Waals surface area contributed by atoms with Gasteiger partial charge in [0.1, 0.15) is 0 Å². The zero-order valence-electron chi connectivity index (χ0n) is 15.6. The third-order valence-electron chi connectivity index (χ3n) is 5.74. The van der Waals surface area contributed by atoms with Crippen LogP contribution in [0.3, 0.4) is 0 Å². The van der Waals surface area contributed by atoms with Gasteiger partial charge in [-0.15, -0.1) is 0 Å². The molecule has 0 bridgehead atoms. The second-order valence-corrected chi connectivity index (χ2v) is 7.70. The van der Waals surface area contributed by atoms with Gasteiger partial charge in [-0.05, 0) is 38.3 Å². The highest BCUT2D eigenvalue weighted by Gasteiger charge is 2.23. The van der Waals surface area contributed by atoms with Crippen molar-refractivity contribution >= 4 is 11.6 Å². The fraction of sp³-hybridized carbons (Fsp3) is 0.667. The summed E-state index contributed by atoms with van der Waals surface area (Å²) in [6, 6.07) is 11.0. The van der Waals surface area contributed by atoms with Crippen LogP contribution in [-0.4, -0.2) is 49.6 Å². The average molecular weight is 344 g/mol. The number of nitrogens with zero attached hydrogens (tertiary/aromatic N) is 2. The molecule has 1 saturated heterocycles. The van der Waals surface area contributed by atoms with Gasteiger partial charge in [-0.25, -0.2) is 0 Å². The van der Waals surface area contributed by atoms with Crippen LogP contribution in [0.2, 0.25) is 0 Å². The highest BCUT2D eigenvalue weighted by molar-refractivity contribution is 5.78. The van der Waals surface area contributed by atoms with Crippen LogP contribution in [0.1, 0.15) is 45.4 Å². The number of benzene rings is 1. The van der Waals surface area contributed by atoms with Crippen LogP contribution in [0.4, 0.5) is 5.69 Å². The maximum atomic E-state index is 12.3. The summed E-state index contributed by atoms with van der Waals surface area (Å²) in [5.74, 6) is 0.562. The molecule has 1 atom stereocenters. The molecule has 1 aromatic rings. The largest absolute Gasteiger partial charge is 0.369 e. The first-order chi connectivity index (χ1) is 12.2. The minimum atomic E-state index is 0.269. The van der Waals surface area contributed by atoms with Gasteiger partial charge >= 0.3 is 0 Å². The quantitative estimate of drug-likeness (QED) is 0.861. The molecule has 0 unspecified atom stereocenters. The van der Waals surface area contributed by atoms with Crippen molar-refractivity contribution in [2.24, 2.45) is 5.92 Å². The number of carbonyl (C=O) groups is 1. The van der Waals surface area contributed by atoms with E-state index in [-0.39, 0.29) is 12.0 Å². The van der Waals surface area contributed by atoms with Crippen LogP contribution in [0.5, 0.6) is 0 Å². The molecule has 4 nitrogen and oxygen atoms in total. The topological polar surface area (TPSA) is 35.6 Å². The van der Waals surface area contributed by atoms with Gasteiger partial charge in [0.2, 0.25) is 5.91 Å². The van der Waals surface area contributed by atoms with Crippen molar-refractivity contribution in [1.29, 1.82) is 0 Å². The Hall–Kier alpha value is -1.55. The van der Waals surface area contributed by atoms with Gasteiger partial charge in [-0.2, -0.15) is 0 Å². The summed E-state index contributed by atoms with van der Waals surface area (Å²) in [7, 11) is 0. The summed E-state index contributed by atoms with van der Waals surface area (Å²) >= 11 is 0. The Kier molecular flexibility index (Phi) is 6.74. The number of carbonyl (C=O) groups excluding carboxylic acids is 1. The second-order valence-electron chi connectivity index (χ2n) is 7.70. The number of hydrogen-bond acceptors (Lipinski definition) is 3. The van der Waals surface area contributed by atoms with E-state index < -0.39 is 0 Å². The van der Waals surface area contributed by atoms with Gasteiger partial charge in [-0.3, -0.25) is 9.69 Å². The first-order valence-corrected chi connectivity index (χ1v) is 10.0. The number of para-hydroxylation sites is 1. The second kappa shape index (κ2) is 9.23. The van der Waals surface area contributed by atoms with Gasteiger partial charge in [-0.1, -0.05) is 37.5 Å². The van der Waals surface area contributed by atoms with Crippen LogP contribution in [0.15, 0.2) is 30.3 Å². The van der Waals surface area contributed by atoms with E-state index in [9.17, 15) is 4.79 Å². The van der Waals surface area contributed by atoms with E-state index in [1.807, 2.05) is 0 Å². The molecule has 1 heterocycles. The van der Waals surface area contributed by atoms with Crippen molar-refractivity contribution in [2.75, 3.05) is 37.6 Å². The predicted octanol–water partition coefficient (Wildman–Crippen LogP) is 3.28. The van der Waals surface area contributed by atoms with Crippen molar-refractivity contribution < 1.29 is 4.79 Å². The minimum Gasteiger partial charge on any atom is -0.369 e. The molecule has 0 radical (unpaired) electrons. The molecule has 1 amide bonds. The van der Waals surface area contributed by atoms with E-state index >= 15 is 0 Å². The molecule has 25 heavy (non-hydrogen) atoms. The number of nitrogens with one attached hydrogen (secondary N) is 1. The van der Waals surface area contributed by atoms with Crippen molar-refractivity contribution in [3.63, 3.8) is 0 Å². The molecule has 4 heteroatoms. The lowest BCUT2D eigenvalue weighted by molar-refractivity contribution is -0.126. The van der Waals surface area contributed by atoms with Gasteiger partial charge in [0.25, 0.3) is 0 Å². The Labute approximate surface area is 152 Å². The SMILES string of the molecule is C[C@@H](CCN1CCN(c2ccccc2)CC1)NC(=O)C1CCCCC1. The van der Waals surface area contributed by atoms with E-state index in [1.165, 1.54) is 24.9 Å². The number of amides is 1. The molecule has 0 aromatic heterocycles. The standard InChI is InChI=1S/C21H33N3O/c1-18(22-21(25)19-8-4-2-5-9-19)12-13-23-14-16-24(17-15-23)20-10-6-3-7-11-20/h3,6-7,10-11,18-19H,2,4-5,8-9,12-17H2,1H3,(H,22,25)/t18-/m0/s1. The third kappa shape index (κ3) is 5.46. The van der Waals surface area contributed by atoms with E-state index in [0.717, 1.165) is 52.0 Å². The molecule has 138 valence electrons. The number of anilines is 1. The Morgan fingerprint density at radius 3 is 2.44 bits per heavy atom. The average Bonchev–Trinajstić information content (AvgIpc) is 2.68. The number of rotatable bonds is 6. The van der Waals surface area contributed by atoms with Crippen molar-refractivity contribution in [3.05, 3.63) is 30.3 Å². The predicted molar refractivity (Wildman–Crippen MR) is 104 cm³/mol. The van der Waals surface area contributed by atoms with E-state index in [4.69, 9.17) is 0 Å². The first-order valence-electron chi connectivity index (χ1n) is 10.0. The van der Waals surface area contributed by atoms with Crippen LogP contribution < -0.4 is 10.2 Å². The van der Waals surface area contributed by atoms with Crippen molar-refractivity contribution in [3.8, 4) is 0 Å². The zero-order valence-corrected chi connectivity index (χ0v) is 15.6. The Morgan fingerprint density at radius 2 is 1.76 bits per heavy atom. The molecule has 0 spiro atoms. The molecular weight excluding hydrogens is 310 g/mol. The summed E-state index contributed by atoms with van der Waals surface area (Å²) in [4.78, 5) is 17.3. The molecule has 2 fully saturated rings. The van der Waals surface area contributed by atoms with Gasteiger partial charge < -0.3 is 10.2 Å². The number of hydrogen-bond donors (Lipinski definition) is 1. The molecular formula is C21H33N3O. The normalized spacial score (nSPS) is 21.1. The van der Waals surface area contributed by atoms with Gasteiger partial charge in [0.05, 0.1) is 0 Å².